The summed E-state index contributed by atoms with van der Waals surface area (Å²) in [7, 11) is 0. The van der Waals surface area contributed by atoms with Crippen LogP contribution in [-0.2, 0) is 0 Å². The second-order valence-electron chi connectivity index (χ2n) is 6.79. The van der Waals surface area contributed by atoms with Crippen molar-refractivity contribution in [2.24, 2.45) is 5.92 Å². The van der Waals surface area contributed by atoms with Crippen LogP contribution < -0.4 is 10.6 Å². The molecule has 0 bridgehead atoms. The van der Waals surface area contributed by atoms with Crippen LogP contribution in [0.4, 0.5) is 5.69 Å². The normalized spacial score (nSPS) is 21.6. The molecule has 124 valence electrons. The van der Waals surface area contributed by atoms with E-state index in [1.165, 1.54) is 25.7 Å². The first-order valence-electron chi connectivity index (χ1n) is 8.45. The monoisotopic (exact) mass is 331 g/mol. The van der Waals surface area contributed by atoms with E-state index in [2.05, 4.69) is 41.5 Å². The third-order valence-electron chi connectivity index (χ3n) is 4.61. The Hall–Kier alpha value is -1.69. The average Bonchev–Trinajstić information content (AvgIpc) is 2.93. The minimum atomic E-state index is 0.300. The van der Waals surface area contributed by atoms with Gasteiger partial charge in [0, 0.05) is 17.5 Å². The number of nitrogens with one attached hydrogen (secondary N) is 2. The molecule has 0 aromatic carbocycles. The zero-order chi connectivity index (χ0) is 16.4. The average molecular weight is 331 g/mol. The number of fused-ring (bicyclic) bond motifs is 1. The van der Waals surface area contributed by atoms with Gasteiger partial charge in [-0.1, -0.05) is 19.8 Å². The lowest BCUT2D eigenvalue weighted by Gasteiger charge is -2.30. The molecular formula is C17H25N5S. The number of nitrogens with zero attached hydrogens (tertiary/aromatic N) is 3. The van der Waals surface area contributed by atoms with Gasteiger partial charge in [0.2, 0.25) is 0 Å². The minimum absolute atomic E-state index is 0.300. The minimum Gasteiger partial charge on any atom is -0.359 e. The molecule has 0 spiro atoms. The molecule has 3 rings (SSSR count). The quantitative estimate of drug-likeness (QED) is 0.836. The summed E-state index contributed by atoms with van der Waals surface area (Å²) in [5, 5.41) is 12.8. The second-order valence-corrected chi connectivity index (χ2v) is 7.19. The van der Waals surface area contributed by atoms with Crippen molar-refractivity contribution in [3.8, 4) is 0 Å². The van der Waals surface area contributed by atoms with Crippen LogP contribution in [0.5, 0.6) is 0 Å². The fraction of sp³-hybridized carbons (Fsp3) is 0.588. The van der Waals surface area contributed by atoms with Crippen LogP contribution in [0.3, 0.4) is 0 Å². The van der Waals surface area contributed by atoms with E-state index in [0.717, 1.165) is 16.7 Å². The smallest absolute Gasteiger partial charge is 0.171 e. The summed E-state index contributed by atoms with van der Waals surface area (Å²) in [5.74, 6) is 0.674. The molecule has 5 nitrogen and oxygen atoms in total. The van der Waals surface area contributed by atoms with Gasteiger partial charge in [-0.25, -0.2) is 9.67 Å². The van der Waals surface area contributed by atoms with Gasteiger partial charge in [0.1, 0.15) is 0 Å². The summed E-state index contributed by atoms with van der Waals surface area (Å²) in [5.41, 5.74) is 1.81. The predicted octanol–water partition coefficient (Wildman–Crippen LogP) is 3.88. The van der Waals surface area contributed by atoms with Crippen LogP contribution in [0.1, 0.15) is 52.5 Å². The van der Waals surface area contributed by atoms with Crippen molar-refractivity contribution in [2.75, 3.05) is 5.32 Å². The predicted molar refractivity (Wildman–Crippen MR) is 98.7 cm³/mol. The molecule has 23 heavy (non-hydrogen) atoms. The molecule has 2 heterocycles. The van der Waals surface area contributed by atoms with E-state index in [-0.39, 0.29) is 0 Å². The molecule has 0 radical (unpaired) electrons. The SMILES string of the molecule is CC(C)n1ncc2cc(NC(=S)N[C@@H]3CCCC[C@H]3C)cnc21. The number of rotatable bonds is 3. The Morgan fingerprint density at radius 3 is 2.83 bits per heavy atom. The Labute approximate surface area is 142 Å². The summed E-state index contributed by atoms with van der Waals surface area (Å²) in [6.07, 6.45) is 8.77. The van der Waals surface area contributed by atoms with Crippen molar-refractivity contribution < 1.29 is 0 Å². The molecule has 6 heteroatoms. The Morgan fingerprint density at radius 2 is 2.09 bits per heavy atom. The molecule has 0 aliphatic heterocycles. The molecule has 1 saturated carbocycles. The van der Waals surface area contributed by atoms with Crippen LogP contribution in [0.2, 0.25) is 0 Å². The third-order valence-corrected chi connectivity index (χ3v) is 4.83. The first kappa shape index (κ1) is 16.2. The molecule has 2 aromatic heterocycles. The van der Waals surface area contributed by atoms with Crippen LogP contribution in [0.25, 0.3) is 11.0 Å². The van der Waals surface area contributed by atoms with Crippen molar-refractivity contribution in [3.05, 3.63) is 18.5 Å². The van der Waals surface area contributed by atoms with Crippen molar-refractivity contribution in [1.82, 2.24) is 20.1 Å². The van der Waals surface area contributed by atoms with Gasteiger partial charge in [-0.2, -0.15) is 5.10 Å². The highest BCUT2D eigenvalue weighted by atomic mass is 32.1. The highest BCUT2D eigenvalue weighted by Crippen LogP contribution is 2.24. The maximum absolute atomic E-state index is 5.47. The van der Waals surface area contributed by atoms with E-state index in [0.29, 0.717) is 23.1 Å². The summed E-state index contributed by atoms with van der Waals surface area (Å²) in [6, 6.07) is 2.82. The zero-order valence-corrected chi connectivity index (χ0v) is 14.9. The van der Waals surface area contributed by atoms with Gasteiger partial charge < -0.3 is 10.6 Å². The molecule has 1 aliphatic rings. The van der Waals surface area contributed by atoms with Gasteiger partial charge in [0.05, 0.1) is 18.1 Å². The fourth-order valence-corrected chi connectivity index (χ4v) is 3.52. The van der Waals surface area contributed by atoms with E-state index >= 15 is 0 Å². The molecule has 2 N–H and O–H groups in total. The highest BCUT2D eigenvalue weighted by Gasteiger charge is 2.21. The van der Waals surface area contributed by atoms with E-state index in [1.807, 2.05) is 23.1 Å². The summed E-state index contributed by atoms with van der Waals surface area (Å²) in [6.45, 7) is 6.50. The number of hydrogen-bond acceptors (Lipinski definition) is 3. The van der Waals surface area contributed by atoms with Gasteiger partial charge in [-0.3, -0.25) is 0 Å². The number of hydrogen-bond donors (Lipinski definition) is 2. The molecule has 0 saturated heterocycles. The molecule has 1 fully saturated rings. The van der Waals surface area contributed by atoms with E-state index in [4.69, 9.17) is 12.2 Å². The van der Waals surface area contributed by atoms with Gasteiger partial charge in [-0.05, 0) is 50.9 Å². The van der Waals surface area contributed by atoms with Gasteiger partial charge >= 0.3 is 0 Å². The molecule has 0 amide bonds. The largest absolute Gasteiger partial charge is 0.359 e. The maximum atomic E-state index is 5.47. The van der Waals surface area contributed by atoms with Crippen molar-refractivity contribution >= 4 is 34.1 Å². The molecule has 2 atom stereocenters. The molecule has 2 aromatic rings. The van der Waals surface area contributed by atoms with Gasteiger partial charge in [0.25, 0.3) is 0 Å². The van der Waals surface area contributed by atoms with Crippen LogP contribution in [-0.4, -0.2) is 25.9 Å². The van der Waals surface area contributed by atoms with E-state index in [1.54, 1.807) is 0 Å². The lowest BCUT2D eigenvalue weighted by atomic mass is 9.86. The van der Waals surface area contributed by atoms with Crippen LogP contribution in [0.15, 0.2) is 18.5 Å². The number of thiocarbonyl (C=S) groups is 1. The topological polar surface area (TPSA) is 54.8 Å². The van der Waals surface area contributed by atoms with Gasteiger partial charge in [0.15, 0.2) is 10.8 Å². The van der Waals surface area contributed by atoms with E-state index < -0.39 is 0 Å². The van der Waals surface area contributed by atoms with Crippen LogP contribution >= 0.6 is 12.2 Å². The first-order chi connectivity index (χ1) is 11.0. The van der Waals surface area contributed by atoms with Crippen molar-refractivity contribution in [1.29, 1.82) is 0 Å². The second kappa shape index (κ2) is 6.83. The summed E-state index contributed by atoms with van der Waals surface area (Å²) >= 11 is 5.47. The van der Waals surface area contributed by atoms with Crippen molar-refractivity contribution in [3.63, 3.8) is 0 Å². The first-order valence-corrected chi connectivity index (χ1v) is 8.86. The Bertz CT molecular complexity index is 693. The Balaban J connectivity index is 1.67. The molecule has 0 unspecified atom stereocenters. The zero-order valence-electron chi connectivity index (χ0n) is 14.0. The summed E-state index contributed by atoms with van der Waals surface area (Å²) < 4.78 is 1.93. The standard InChI is InChI=1S/C17H25N5S/c1-11(2)22-16-13(9-19-22)8-14(10-18-16)20-17(23)21-15-7-5-4-6-12(15)3/h8-12,15H,4-7H2,1-3H3,(H2,20,21,23)/t12-,15-/m1/s1. The third kappa shape index (κ3) is 3.63. The Morgan fingerprint density at radius 1 is 1.30 bits per heavy atom. The van der Waals surface area contributed by atoms with Crippen molar-refractivity contribution in [2.45, 2.75) is 58.5 Å². The molecule has 1 aliphatic carbocycles. The number of pyridine rings is 1. The highest BCUT2D eigenvalue weighted by molar-refractivity contribution is 7.80. The van der Waals surface area contributed by atoms with E-state index in [9.17, 15) is 0 Å². The maximum Gasteiger partial charge on any atom is 0.171 e. The lowest BCUT2D eigenvalue weighted by molar-refractivity contribution is 0.309. The summed E-state index contributed by atoms with van der Waals surface area (Å²) in [4.78, 5) is 4.53. The fourth-order valence-electron chi connectivity index (χ4n) is 3.25. The molecular weight excluding hydrogens is 306 g/mol. The Kier molecular flexibility index (Phi) is 4.80. The number of anilines is 1. The number of aromatic nitrogens is 3. The van der Waals surface area contributed by atoms with Gasteiger partial charge in [-0.15, -0.1) is 0 Å². The van der Waals surface area contributed by atoms with Crippen LogP contribution in [0, 0.1) is 5.92 Å². The lowest BCUT2D eigenvalue weighted by Crippen LogP contribution is -2.43.